The van der Waals surface area contributed by atoms with Crippen molar-refractivity contribution in [2.45, 2.75) is 26.2 Å². The SMILES string of the molecule is C[C@H]1CCc2c(sc3ncnc(Oc4ccccc4F)c23)C1. The highest BCUT2D eigenvalue weighted by Gasteiger charge is 2.24. The zero-order chi connectivity index (χ0) is 15.1. The van der Waals surface area contributed by atoms with E-state index in [1.54, 1.807) is 29.5 Å². The fourth-order valence-corrected chi connectivity index (χ4v) is 4.30. The van der Waals surface area contributed by atoms with Crippen molar-refractivity contribution >= 4 is 21.6 Å². The van der Waals surface area contributed by atoms with Crippen LogP contribution in [0.25, 0.3) is 10.2 Å². The average Bonchev–Trinajstić information content (AvgIpc) is 2.88. The summed E-state index contributed by atoms with van der Waals surface area (Å²) in [5.74, 6) is 0.977. The van der Waals surface area contributed by atoms with Crippen molar-refractivity contribution in [1.29, 1.82) is 0 Å². The second-order valence-corrected chi connectivity index (χ2v) is 6.83. The molecule has 5 heteroatoms. The van der Waals surface area contributed by atoms with E-state index in [0.29, 0.717) is 11.8 Å². The molecule has 1 aromatic carbocycles. The lowest BCUT2D eigenvalue weighted by Gasteiger charge is -2.18. The number of hydrogen-bond donors (Lipinski definition) is 0. The van der Waals surface area contributed by atoms with Crippen molar-refractivity contribution in [2.75, 3.05) is 0 Å². The maximum atomic E-state index is 13.8. The number of nitrogens with zero attached hydrogens (tertiary/aromatic N) is 2. The molecule has 2 heterocycles. The van der Waals surface area contributed by atoms with Crippen LogP contribution >= 0.6 is 11.3 Å². The quantitative estimate of drug-likeness (QED) is 0.685. The first kappa shape index (κ1) is 13.6. The van der Waals surface area contributed by atoms with E-state index >= 15 is 0 Å². The Labute approximate surface area is 131 Å². The normalized spacial score (nSPS) is 17.5. The molecule has 0 radical (unpaired) electrons. The van der Waals surface area contributed by atoms with Gasteiger partial charge in [0.25, 0.3) is 0 Å². The summed E-state index contributed by atoms with van der Waals surface area (Å²) in [4.78, 5) is 10.9. The summed E-state index contributed by atoms with van der Waals surface area (Å²) in [6, 6.07) is 6.40. The zero-order valence-electron chi connectivity index (χ0n) is 12.2. The maximum Gasteiger partial charge on any atom is 0.231 e. The van der Waals surface area contributed by atoms with E-state index in [2.05, 4.69) is 16.9 Å². The van der Waals surface area contributed by atoms with Crippen LogP contribution in [0.4, 0.5) is 4.39 Å². The summed E-state index contributed by atoms with van der Waals surface area (Å²) in [5, 5.41) is 0.956. The minimum atomic E-state index is -0.382. The summed E-state index contributed by atoms with van der Waals surface area (Å²) < 4.78 is 19.6. The molecule has 0 spiro atoms. The highest BCUT2D eigenvalue weighted by Crippen LogP contribution is 2.41. The second-order valence-electron chi connectivity index (χ2n) is 5.74. The molecule has 1 aliphatic rings. The van der Waals surface area contributed by atoms with Gasteiger partial charge in [-0.3, -0.25) is 0 Å². The molecule has 0 N–H and O–H groups in total. The first-order valence-electron chi connectivity index (χ1n) is 7.40. The number of ether oxygens (including phenoxy) is 1. The van der Waals surface area contributed by atoms with E-state index in [0.717, 1.165) is 29.5 Å². The lowest BCUT2D eigenvalue weighted by atomic mass is 9.89. The maximum absolute atomic E-state index is 13.8. The Balaban J connectivity index is 1.83. The summed E-state index contributed by atoms with van der Waals surface area (Å²) in [6.45, 7) is 2.27. The first-order chi connectivity index (χ1) is 10.7. The molecule has 4 rings (SSSR count). The predicted molar refractivity (Wildman–Crippen MR) is 85.1 cm³/mol. The number of thiophene rings is 1. The highest BCUT2D eigenvalue weighted by atomic mass is 32.1. The molecule has 112 valence electrons. The first-order valence-corrected chi connectivity index (χ1v) is 8.21. The number of aryl methyl sites for hydroxylation is 1. The van der Waals surface area contributed by atoms with Gasteiger partial charge in [0.05, 0.1) is 5.39 Å². The van der Waals surface area contributed by atoms with Crippen LogP contribution in [0, 0.1) is 11.7 Å². The third-order valence-corrected chi connectivity index (χ3v) is 5.26. The third kappa shape index (κ3) is 2.25. The molecule has 0 unspecified atom stereocenters. The monoisotopic (exact) mass is 314 g/mol. The van der Waals surface area contributed by atoms with Gasteiger partial charge in [0, 0.05) is 4.88 Å². The molecule has 1 aliphatic carbocycles. The zero-order valence-corrected chi connectivity index (χ0v) is 13.0. The van der Waals surface area contributed by atoms with Gasteiger partial charge in [0.2, 0.25) is 5.88 Å². The molecule has 2 aromatic heterocycles. The van der Waals surface area contributed by atoms with Crippen LogP contribution in [0.5, 0.6) is 11.6 Å². The molecule has 0 bridgehead atoms. The van der Waals surface area contributed by atoms with Gasteiger partial charge in [-0.05, 0) is 42.9 Å². The Hall–Kier alpha value is -2.01. The van der Waals surface area contributed by atoms with Crippen molar-refractivity contribution in [1.82, 2.24) is 9.97 Å². The van der Waals surface area contributed by atoms with E-state index in [-0.39, 0.29) is 11.6 Å². The second kappa shape index (κ2) is 5.32. The van der Waals surface area contributed by atoms with E-state index in [4.69, 9.17) is 4.74 Å². The van der Waals surface area contributed by atoms with E-state index in [9.17, 15) is 4.39 Å². The largest absolute Gasteiger partial charge is 0.435 e. The number of hydrogen-bond acceptors (Lipinski definition) is 4. The van der Waals surface area contributed by atoms with Crippen molar-refractivity contribution in [3.05, 3.63) is 46.9 Å². The Bertz CT molecular complexity index is 846. The summed E-state index contributed by atoms with van der Waals surface area (Å²) >= 11 is 1.71. The summed E-state index contributed by atoms with van der Waals surface area (Å²) in [7, 11) is 0. The van der Waals surface area contributed by atoms with Crippen LogP contribution in [0.3, 0.4) is 0 Å². The number of halogens is 1. The van der Waals surface area contributed by atoms with Gasteiger partial charge in [-0.15, -0.1) is 11.3 Å². The highest BCUT2D eigenvalue weighted by molar-refractivity contribution is 7.18. The fourth-order valence-electron chi connectivity index (χ4n) is 2.96. The number of para-hydroxylation sites is 1. The van der Waals surface area contributed by atoms with Crippen LogP contribution in [0.15, 0.2) is 30.6 Å². The van der Waals surface area contributed by atoms with Crippen LogP contribution < -0.4 is 4.74 Å². The van der Waals surface area contributed by atoms with E-state index in [1.165, 1.54) is 22.8 Å². The molecule has 0 saturated carbocycles. The van der Waals surface area contributed by atoms with Gasteiger partial charge in [0.15, 0.2) is 11.6 Å². The van der Waals surface area contributed by atoms with Gasteiger partial charge < -0.3 is 4.74 Å². The number of rotatable bonds is 2. The van der Waals surface area contributed by atoms with Crippen LogP contribution in [-0.2, 0) is 12.8 Å². The molecule has 22 heavy (non-hydrogen) atoms. The van der Waals surface area contributed by atoms with Crippen molar-refractivity contribution in [3.8, 4) is 11.6 Å². The van der Waals surface area contributed by atoms with E-state index < -0.39 is 0 Å². The summed E-state index contributed by atoms with van der Waals surface area (Å²) in [6.07, 6.45) is 4.74. The molecular weight excluding hydrogens is 299 g/mol. The number of fused-ring (bicyclic) bond motifs is 3. The van der Waals surface area contributed by atoms with Crippen LogP contribution in [-0.4, -0.2) is 9.97 Å². The topological polar surface area (TPSA) is 35.0 Å². The molecular formula is C17H15FN2OS. The minimum Gasteiger partial charge on any atom is -0.435 e. The van der Waals surface area contributed by atoms with Gasteiger partial charge in [0.1, 0.15) is 11.2 Å². The Morgan fingerprint density at radius 3 is 3.00 bits per heavy atom. The standard InChI is InChI=1S/C17H15FN2OS/c1-10-6-7-11-14(8-10)22-17-15(11)16(19-9-20-17)21-13-5-3-2-4-12(13)18/h2-5,9-10H,6-8H2,1H3/t10-/m0/s1. The molecule has 3 nitrogen and oxygen atoms in total. The van der Waals surface area contributed by atoms with Crippen molar-refractivity contribution in [3.63, 3.8) is 0 Å². The fraction of sp³-hybridized carbons (Fsp3) is 0.294. The lowest BCUT2D eigenvalue weighted by Crippen LogP contribution is -2.08. The minimum absolute atomic E-state index is 0.201. The third-order valence-electron chi connectivity index (χ3n) is 4.10. The van der Waals surface area contributed by atoms with Crippen molar-refractivity contribution < 1.29 is 9.13 Å². The van der Waals surface area contributed by atoms with Gasteiger partial charge in [-0.2, -0.15) is 0 Å². The molecule has 0 amide bonds. The Kier molecular flexibility index (Phi) is 3.30. The number of benzene rings is 1. The molecule has 3 aromatic rings. The Morgan fingerprint density at radius 1 is 1.27 bits per heavy atom. The molecule has 0 aliphatic heterocycles. The summed E-state index contributed by atoms with van der Waals surface area (Å²) in [5.41, 5.74) is 1.28. The molecule has 0 fully saturated rings. The van der Waals surface area contributed by atoms with Crippen LogP contribution in [0.1, 0.15) is 23.8 Å². The average molecular weight is 314 g/mol. The van der Waals surface area contributed by atoms with Crippen molar-refractivity contribution in [2.24, 2.45) is 5.92 Å². The van der Waals surface area contributed by atoms with Crippen LogP contribution in [0.2, 0.25) is 0 Å². The van der Waals surface area contributed by atoms with Gasteiger partial charge >= 0.3 is 0 Å². The Morgan fingerprint density at radius 2 is 2.14 bits per heavy atom. The predicted octanol–water partition coefficient (Wildman–Crippen LogP) is 4.75. The lowest BCUT2D eigenvalue weighted by molar-refractivity contribution is 0.431. The molecule has 1 atom stereocenters. The van der Waals surface area contributed by atoms with Gasteiger partial charge in [-0.1, -0.05) is 19.1 Å². The van der Waals surface area contributed by atoms with E-state index in [1.807, 2.05) is 0 Å². The smallest absolute Gasteiger partial charge is 0.231 e. The molecule has 0 saturated heterocycles. The number of aromatic nitrogens is 2. The van der Waals surface area contributed by atoms with Gasteiger partial charge in [-0.25, -0.2) is 14.4 Å².